The van der Waals surface area contributed by atoms with Gasteiger partial charge >= 0.3 is 0 Å². The van der Waals surface area contributed by atoms with E-state index in [9.17, 15) is 0 Å². The summed E-state index contributed by atoms with van der Waals surface area (Å²) in [4.78, 5) is 4.79. The lowest BCUT2D eigenvalue weighted by Crippen LogP contribution is -1.98. The first-order chi connectivity index (χ1) is 6.29. The van der Waals surface area contributed by atoms with Crippen molar-refractivity contribution in [3.63, 3.8) is 0 Å². The normalized spacial score (nSPS) is 12.0. The van der Waals surface area contributed by atoms with Crippen molar-refractivity contribution in [3.8, 4) is 6.07 Å². The van der Waals surface area contributed by atoms with Gasteiger partial charge < -0.3 is 5.73 Å². The quantitative estimate of drug-likeness (QED) is 0.748. The smallest absolute Gasteiger partial charge is 0.0969 e. The summed E-state index contributed by atoms with van der Waals surface area (Å²) in [5, 5.41) is 8.82. The van der Waals surface area contributed by atoms with Gasteiger partial charge in [-0.15, -0.1) is 11.3 Å². The SMILES string of the molecule is CCCC(C#N)=C(N)c1cncs1. The zero-order chi connectivity index (χ0) is 9.68. The highest BCUT2D eigenvalue weighted by Gasteiger charge is 2.05. The molecule has 0 aliphatic carbocycles. The van der Waals surface area contributed by atoms with Crippen LogP contribution in [0.15, 0.2) is 17.3 Å². The molecule has 0 spiro atoms. The predicted molar refractivity (Wildman–Crippen MR) is 53.7 cm³/mol. The minimum atomic E-state index is 0.576. The molecule has 0 aliphatic heterocycles. The van der Waals surface area contributed by atoms with E-state index in [1.807, 2.05) is 6.92 Å². The van der Waals surface area contributed by atoms with Crippen molar-refractivity contribution in [2.24, 2.45) is 5.73 Å². The van der Waals surface area contributed by atoms with Crippen LogP contribution in [0, 0.1) is 11.3 Å². The van der Waals surface area contributed by atoms with Crippen molar-refractivity contribution in [1.82, 2.24) is 4.98 Å². The first-order valence-electron chi connectivity index (χ1n) is 4.07. The summed E-state index contributed by atoms with van der Waals surface area (Å²) in [6, 6.07) is 2.12. The van der Waals surface area contributed by atoms with Gasteiger partial charge in [0.2, 0.25) is 0 Å². The average Bonchev–Trinajstić information content (AvgIpc) is 2.65. The number of nitriles is 1. The van der Waals surface area contributed by atoms with E-state index in [1.165, 1.54) is 11.3 Å². The van der Waals surface area contributed by atoms with Crippen LogP contribution in [0.3, 0.4) is 0 Å². The van der Waals surface area contributed by atoms with Crippen LogP contribution in [-0.4, -0.2) is 4.98 Å². The monoisotopic (exact) mass is 193 g/mol. The summed E-state index contributed by atoms with van der Waals surface area (Å²) in [6.45, 7) is 2.03. The second-order valence-corrected chi connectivity index (χ2v) is 3.51. The van der Waals surface area contributed by atoms with Crippen LogP contribution in [0.2, 0.25) is 0 Å². The van der Waals surface area contributed by atoms with Gasteiger partial charge in [0.25, 0.3) is 0 Å². The van der Waals surface area contributed by atoms with Crippen molar-refractivity contribution >= 4 is 17.0 Å². The Bertz CT molecular complexity index is 332. The third kappa shape index (κ3) is 2.30. The molecule has 0 radical (unpaired) electrons. The summed E-state index contributed by atoms with van der Waals surface area (Å²) in [5.74, 6) is 0. The fraction of sp³-hybridized carbons (Fsp3) is 0.333. The second-order valence-electron chi connectivity index (χ2n) is 2.62. The average molecular weight is 193 g/mol. The first-order valence-corrected chi connectivity index (χ1v) is 4.95. The molecule has 1 aromatic heterocycles. The number of hydrogen-bond donors (Lipinski definition) is 1. The lowest BCUT2D eigenvalue weighted by Gasteiger charge is -2.00. The molecule has 0 amide bonds. The fourth-order valence-corrected chi connectivity index (χ4v) is 1.61. The first kappa shape index (κ1) is 9.75. The molecule has 0 unspecified atom stereocenters. The largest absolute Gasteiger partial charge is 0.397 e. The van der Waals surface area contributed by atoms with Crippen molar-refractivity contribution in [2.45, 2.75) is 19.8 Å². The highest BCUT2D eigenvalue weighted by molar-refractivity contribution is 7.10. The highest BCUT2D eigenvalue weighted by Crippen LogP contribution is 2.19. The summed E-state index contributed by atoms with van der Waals surface area (Å²) >= 11 is 1.46. The Morgan fingerprint density at radius 1 is 1.77 bits per heavy atom. The van der Waals surface area contributed by atoms with E-state index in [0.29, 0.717) is 11.3 Å². The minimum absolute atomic E-state index is 0.576. The number of allylic oxidation sites excluding steroid dienone is 1. The topological polar surface area (TPSA) is 62.7 Å². The van der Waals surface area contributed by atoms with Crippen molar-refractivity contribution in [2.75, 3.05) is 0 Å². The number of aromatic nitrogens is 1. The van der Waals surface area contributed by atoms with E-state index >= 15 is 0 Å². The van der Waals surface area contributed by atoms with Gasteiger partial charge in [0.05, 0.1) is 27.7 Å². The zero-order valence-corrected chi connectivity index (χ0v) is 8.27. The molecule has 1 aromatic rings. The Morgan fingerprint density at radius 2 is 2.54 bits per heavy atom. The standard InChI is InChI=1S/C9H11N3S/c1-2-3-7(4-10)9(11)8-5-12-6-13-8/h5-6H,2-3,11H2,1H3. The third-order valence-corrected chi connectivity index (χ3v) is 2.46. The molecule has 0 saturated heterocycles. The Morgan fingerprint density at radius 3 is 3.00 bits per heavy atom. The summed E-state index contributed by atoms with van der Waals surface area (Å²) in [5.41, 5.74) is 8.75. The van der Waals surface area contributed by atoms with Crippen LogP contribution in [0.4, 0.5) is 0 Å². The molecule has 13 heavy (non-hydrogen) atoms. The van der Waals surface area contributed by atoms with Gasteiger partial charge in [0.1, 0.15) is 0 Å². The van der Waals surface area contributed by atoms with Gasteiger partial charge in [-0.3, -0.25) is 4.98 Å². The summed E-state index contributed by atoms with van der Waals surface area (Å²) < 4.78 is 0. The third-order valence-electron chi connectivity index (χ3n) is 1.66. The van der Waals surface area contributed by atoms with Crippen LogP contribution in [-0.2, 0) is 0 Å². The maximum Gasteiger partial charge on any atom is 0.0969 e. The van der Waals surface area contributed by atoms with Crippen molar-refractivity contribution in [1.29, 1.82) is 5.26 Å². The van der Waals surface area contributed by atoms with Crippen LogP contribution >= 0.6 is 11.3 Å². The number of nitrogens with two attached hydrogens (primary N) is 1. The van der Waals surface area contributed by atoms with E-state index in [2.05, 4.69) is 11.1 Å². The van der Waals surface area contributed by atoms with Gasteiger partial charge in [-0.2, -0.15) is 5.26 Å². The minimum Gasteiger partial charge on any atom is -0.397 e. The number of rotatable bonds is 3. The van der Waals surface area contributed by atoms with Crippen LogP contribution < -0.4 is 5.73 Å². The van der Waals surface area contributed by atoms with Gasteiger partial charge in [-0.25, -0.2) is 0 Å². The molecule has 0 bridgehead atoms. The van der Waals surface area contributed by atoms with E-state index in [-0.39, 0.29) is 0 Å². The number of nitrogens with zero attached hydrogens (tertiary/aromatic N) is 2. The van der Waals surface area contributed by atoms with Crippen LogP contribution in [0.1, 0.15) is 24.6 Å². The second kappa shape index (κ2) is 4.63. The lowest BCUT2D eigenvalue weighted by atomic mass is 10.1. The highest BCUT2D eigenvalue weighted by atomic mass is 32.1. The molecule has 0 saturated carbocycles. The molecule has 1 rings (SSSR count). The Balaban J connectivity index is 2.96. The van der Waals surface area contributed by atoms with E-state index < -0.39 is 0 Å². The molecular weight excluding hydrogens is 182 g/mol. The lowest BCUT2D eigenvalue weighted by molar-refractivity contribution is 0.929. The number of thiazole rings is 1. The molecule has 2 N–H and O–H groups in total. The number of hydrogen-bond acceptors (Lipinski definition) is 4. The predicted octanol–water partition coefficient (Wildman–Crippen LogP) is 2.14. The summed E-state index contributed by atoms with van der Waals surface area (Å²) in [6.07, 6.45) is 3.36. The molecule has 0 aromatic carbocycles. The van der Waals surface area contributed by atoms with Crippen LogP contribution in [0.25, 0.3) is 5.70 Å². The molecular formula is C9H11N3S. The van der Waals surface area contributed by atoms with Crippen molar-refractivity contribution < 1.29 is 0 Å². The molecule has 0 aliphatic rings. The van der Waals surface area contributed by atoms with E-state index in [0.717, 1.165) is 17.7 Å². The Kier molecular flexibility index (Phi) is 3.47. The molecule has 0 fully saturated rings. The van der Waals surface area contributed by atoms with Gasteiger partial charge in [0, 0.05) is 6.20 Å². The van der Waals surface area contributed by atoms with Gasteiger partial charge in [-0.1, -0.05) is 13.3 Å². The molecule has 1 heterocycles. The summed E-state index contributed by atoms with van der Waals surface area (Å²) in [7, 11) is 0. The maximum absolute atomic E-state index is 8.82. The molecule has 4 heteroatoms. The Hall–Kier alpha value is -1.34. The maximum atomic E-state index is 8.82. The van der Waals surface area contributed by atoms with Gasteiger partial charge in [0.15, 0.2) is 0 Å². The van der Waals surface area contributed by atoms with Crippen LogP contribution in [0.5, 0.6) is 0 Å². The van der Waals surface area contributed by atoms with E-state index in [1.54, 1.807) is 11.7 Å². The van der Waals surface area contributed by atoms with Crippen molar-refractivity contribution in [3.05, 3.63) is 22.2 Å². The fourth-order valence-electron chi connectivity index (χ4n) is 0.998. The van der Waals surface area contributed by atoms with Gasteiger partial charge in [-0.05, 0) is 6.42 Å². The van der Waals surface area contributed by atoms with E-state index in [4.69, 9.17) is 11.0 Å². The zero-order valence-electron chi connectivity index (χ0n) is 7.45. The Labute approximate surface area is 81.5 Å². The molecule has 68 valence electrons. The molecule has 0 atom stereocenters. The molecule has 3 nitrogen and oxygen atoms in total.